The van der Waals surface area contributed by atoms with Gasteiger partial charge >= 0.3 is 0 Å². The molecule has 2 aliphatic rings. The molecule has 1 saturated carbocycles. The van der Waals surface area contributed by atoms with E-state index in [-0.39, 0.29) is 5.91 Å². The van der Waals surface area contributed by atoms with E-state index in [0.717, 1.165) is 43.5 Å². The van der Waals surface area contributed by atoms with Crippen LogP contribution < -0.4 is 5.32 Å². The molecule has 1 aromatic heterocycles. The van der Waals surface area contributed by atoms with Crippen molar-refractivity contribution in [1.29, 1.82) is 0 Å². The van der Waals surface area contributed by atoms with Gasteiger partial charge in [-0.2, -0.15) is 0 Å². The summed E-state index contributed by atoms with van der Waals surface area (Å²) in [5.41, 5.74) is 2.10. The quantitative estimate of drug-likeness (QED) is 0.762. The van der Waals surface area contributed by atoms with Gasteiger partial charge in [0.2, 0.25) is 5.91 Å². The van der Waals surface area contributed by atoms with Gasteiger partial charge in [-0.15, -0.1) is 11.3 Å². The summed E-state index contributed by atoms with van der Waals surface area (Å²) in [6.45, 7) is 8.94. The predicted octanol–water partition coefficient (Wildman–Crippen LogP) is 4.43. The number of hydrogen-bond donors (Lipinski definition) is 1. The Labute approximate surface area is 178 Å². The van der Waals surface area contributed by atoms with Crippen LogP contribution in [0.3, 0.4) is 0 Å². The van der Waals surface area contributed by atoms with Gasteiger partial charge < -0.3 is 5.32 Å². The first-order chi connectivity index (χ1) is 14.1. The third-order valence-electron chi connectivity index (χ3n) is 6.09. The molecule has 6 heteroatoms. The van der Waals surface area contributed by atoms with Crippen molar-refractivity contribution in [3.63, 3.8) is 0 Å². The molecule has 2 heterocycles. The van der Waals surface area contributed by atoms with Gasteiger partial charge in [-0.25, -0.2) is 4.98 Å². The lowest BCUT2D eigenvalue weighted by molar-refractivity contribution is -0.117. The van der Waals surface area contributed by atoms with Crippen molar-refractivity contribution in [1.82, 2.24) is 14.8 Å². The lowest BCUT2D eigenvalue weighted by Crippen LogP contribution is -2.51. The number of carbonyl (C=O) groups is 1. The molecule has 0 unspecified atom stereocenters. The monoisotopic (exact) mass is 412 g/mol. The largest absolute Gasteiger partial charge is 0.301 e. The average Bonchev–Trinajstić information content (AvgIpc) is 3.39. The number of thiazole rings is 1. The normalized spacial score (nSPS) is 19.1. The summed E-state index contributed by atoms with van der Waals surface area (Å²) >= 11 is 1.60. The molecular formula is C23H32N4OS. The van der Waals surface area contributed by atoms with Crippen LogP contribution in [0.5, 0.6) is 0 Å². The molecule has 156 valence electrons. The van der Waals surface area contributed by atoms with Gasteiger partial charge in [0, 0.05) is 42.7 Å². The first kappa shape index (κ1) is 20.5. The first-order valence-corrected chi connectivity index (χ1v) is 11.7. The van der Waals surface area contributed by atoms with Gasteiger partial charge in [0.05, 0.1) is 12.2 Å². The van der Waals surface area contributed by atoms with E-state index in [2.05, 4.69) is 41.1 Å². The number of rotatable bonds is 6. The Morgan fingerprint density at radius 3 is 2.48 bits per heavy atom. The molecule has 1 aromatic carbocycles. The summed E-state index contributed by atoms with van der Waals surface area (Å²) in [4.78, 5) is 23.5. The van der Waals surface area contributed by atoms with Crippen LogP contribution in [0.1, 0.15) is 50.3 Å². The van der Waals surface area contributed by atoms with Crippen molar-refractivity contribution >= 4 is 22.4 Å². The van der Waals surface area contributed by atoms with Crippen LogP contribution >= 0.6 is 11.3 Å². The summed E-state index contributed by atoms with van der Waals surface area (Å²) in [6.07, 6.45) is 5.47. The second kappa shape index (κ2) is 9.37. The number of aromatic nitrogens is 1. The fourth-order valence-electron chi connectivity index (χ4n) is 4.50. The van der Waals surface area contributed by atoms with Crippen LogP contribution in [-0.2, 0) is 4.79 Å². The van der Waals surface area contributed by atoms with Crippen molar-refractivity contribution in [2.45, 2.75) is 51.5 Å². The molecule has 29 heavy (non-hydrogen) atoms. The van der Waals surface area contributed by atoms with Crippen molar-refractivity contribution in [2.75, 3.05) is 38.0 Å². The van der Waals surface area contributed by atoms with E-state index in [1.165, 1.54) is 30.6 Å². The van der Waals surface area contributed by atoms with E-state index in [1.807, 2.05) is 18.2 Å². The fraction of sp³-hybridized carbons (Fsp3) is 0.565. The number of amides is 1. The Kier molecular flexibility index (Phi) is 6.63. The van der Waals surface area contributed by atoms with Crippen LogP contribution in [-0.4, -0.2) is 59.5 Å². The van der Waals surface area contributed by atoms with Crippen molar-refractivity contribution in [2.24, 2.45) is 0 Å². The molecule has 0 atom stereocenters. The Morgan fingerprint density at radius 2 is 1.83 bits per heavy atom. The standard InChI is InChI=1S/C23H32N4OS/c1-17(2)22-21(18-8-4-3-5-9-18)25-23(29-22)24-20(28)16-26-12-14-27(15-13-26)19-10-6-7-11-19/h3-5,8-9,17,19H,6-7,10-16H2,1-2H3,(H,24,25,28). The maximum atomic E-state index is 12.6. The maximum Gasteiger partial charge on any atom is 0.240 e. The van der Waals surface area contributed by atoms with Crippen LogP contribution in [0.15, 0.2) is 30.3 Å². The Morgan fingerprint density at radius 1 is 1.14 bits per heavy atom. The van der Waals surface area contributed by atoms with Gasteiger partial charge in [-0.3, -0.25) is 14.6 Å². The number of nitrogens with one attached hydrogen (secondary N) is 1. The summed E-state index contributed by atoms with van der Waals surface area (Å²) < 4.78 is 0. The molecule has 5 nitrogen and oxygen atoms in total. The molecule has 1 amide bonds. The number of hydrogen-bond acceptors (Lipinski definition) is 5. The highest BCUT2D eigenvalue weighted by Crippen LogP contribution is 2.36. The number of carbonyl (C=O) groups excluding carboxylic acids is 1. The summed E-state index contributed by atoms with van der Waals surface area (Å²) in [7, 11) is 0. The van der Waals surface area contributed by atoms with Crippen molar-refractivity contribution in [3.8, 4) is 11.3 Å². The van der Waals surface area contributed by atoms with Crippen molar-refractivity contribution in [3.05, 3.63) is 35.2 Å². The topological polar surface area (TPSA) is 48.5 Å². The molecule has 0 bridgehead atoms. The zero-order chi connectivity index (χ0) is 20.2. The van der Waals surface area contributed by atoms with Crippen LogP contribution in [0, 0.1) is 0 Å². The van der Waals surface area contributed by atoms with Crippen molar-refractivity contribution < 1.29 is 4.79 Å². The lowest BCUT2D eigenvalue weighted by atomic mass is 10.1. The molecule has 2 aromatic rings. The Balaban J connectivity index is 1.34. The third-order valence-corrected chi connectivity index (χ3v) is 7.36. The number of nitrogens with zero attached hydrogens (tertiary/aromatic N) is 3. The molecule has 1 aliphatic carbocycles. The lowest BCUT2D eigenvalue weighted by Gasteiger charge is -2.37. The minimum absolute atomic E-state index is 0.0444. The number of benzene rings is 1. The highest BCUT2D eigenvalue weighted by atomic mass is 32.1. The number of anilines is 1. The van der Waals surface area contributed by atoms with Gasteiger partial charge in [0.25, 0.3) is 0 Å². The minimum atomic E-state index is 0.0444. The van der Waals surface area contributed by atoms with E-state index in [4.69, 9.17) is 4.98 Å². The van der Waals surface area contributed by atoms with Gasteiger partial charge in [0.1, 0.15) is 0 Å². The molecule has 0 radical (unpaired) electrons. The van der Waals surface area contributed by atoms with Gasteiger partial charge in [-0.1, -0.05) is 57.0 Å². The second-order valence-electron chi connectivity index (χ2n) is 8.55. The fourth-order valence-corrected chi connectivity index (χ4v) is 5.50. The van der Waals surface area contributed by atoms with Gasteiger partial charge in [-0.05, 0) is 18.8 Å². The Hall–Kier alpha value is -1.76. The van der Waals surface area contributed by atoms with Crippen LogP contribution in [0.4, 0.5) is 5.13 Å². The average molecular weight is 413 g/mol. The molecule has 1 saturated heterocycles. The van der Waals surface area contributed by atoms with Crippen LogP contribution in [0.25, 0.3) is 11.3 Å². The third kappa shape index (κ3) is 5.05. The molecule has 0 spiro atoms. The summed E-state index contributed by atoms with van der Waals surface area (Å²) in [5, 5.41) is 3.76. The van der Waals surface area contributed by atoms with E-state index in [1.54, 1.807) is 11.3 Å². The van der Waals surface area contributed by atoms with E-state index in [0.29, 0.717) is 17.6 Å². The maximum absolute atomic E-state index is 12.6. The molecule has 1 N–H and O–H groups in total. The first-order valence-electron chi connectivity index (χ1n) is 10.9. The molecule has 2 fully saturated rings. The number of piperazine rings is 1. The minimum Gasteiger partial charge on any atom is -0.301 e. The zero-order valence-electron chi connectivity index (χ0n) is 17.6. The van der Waals surface area contributed by atoms with E-state index in [9.17, 15) is 4.79 Å². The van der Waals surface area contributed by atoms with Crippen LogP contribution in [0.2, 0.25) is 0 Å². The Bertz CT molecular complexity index is 806. The molecule has 4 rings (SSSR count). The molecule has 1 aliphatic heterocycles. The zero-order valence-corrected chi connectivity index (χ0v) is 18.4. The SMILES string of the molecule is CC(C)c1sc(NC(=O)CN2CCN(C3CCCC3)CC2)nc1-c1ccccc1. The summed E-state index contributed by atoms with van der Waals surface area (Å²) in [6, 6.07) is 11.0. The van der Waals surface area contributed by atoms with Gasteiger partial charge in [0.15, 0.2) is 5.13 Å². The second-order valence-corrected chi connectivity index (χ2v) is 9.58. The predicted molar refractivity (Wildman–Crippen MR) is 121 cm³/mol. The summed E-state index contributed by atoms with van der Waals surface area (Å²) in [5.74, 6) is 0.417. The smallest absolute Gasteiger partial charge is 0.240 e. The van der Waals surface area contributed by atoms with E-state index >= 15 is 0 Å². The highest BCUT2D eigenvalue weighted by Gasteiger charge is 2.27. The van der Waals surface area contributed by atoms with E-state index < -0.39 is 0 Å². The molecular weight excluding hydrogens is 380 g/mol. The highest BCUT2D eigenvalue weighted by molar-refractivity contribution is 7.16.